The first-order chi connectivity index (χ1) is 12.1. The Hall–Kier alpha value is -3.35. The molecule has 0 saturated heterocycles. The molecule has 0 aliphatic carbocycles. The van der Waals surface area contributed by atoms with Crippen molar-refractivity contribution in [1.29, 1.82) is 0 Å². The van der Waals surface area contributed by atoms with Crippen LogP contribution in [-0.4, -0.2) is 23.2 Å². The van der Waals surface area contributed by atoms with Gasteiger partial charge >= 0.3 is 5.97 Å². The molecule has 2 aromatic heterocycles. The summed E-state index contributed by atoms with van der Waals surface area (Å²) in [5, 5.41) is 3.86. The number of esters is 1. The van der Waals surface area contributed by atoms with E-state index in [1.807, 2.05) is 25.1 Å². The van der Waals surface area contributed by atoms with Gasteiger partial charge in [-0.2, -0.15) is 4.98 Å². The predicted molar refractivity (Wildman–Crippen MR) is 88.6 cm³/mol. The Morgan fingerprint density at radius 2 is 2.00 bits per heavy atom. The first-order valence-corrected chi connectivity index (χ1v) is 7.52. The summed E-state index contributed by atoms with van der Waals surface area (Å²) in [4.78, 5) is 15.9. The second kappa shape index (κ2) is 7.48. The fourth-order valence-corrected chi connectivity index (χ4v) is 2.04. The minimum Gasteiger partial charge on any atom is -0.497 e. The molecule has 0 unspecified atom stereocenters. The summed E-state index contributed by atoms with van der Waals surface area (Å²) in [6.45, 7) is 1.72. The maximum absolute atomic E-state index is 11.7. The van der Waals surface area contributed by atoms with Crippen molar-refractivity contribution in [3.8, 4) is 17.1 Å². The van der Waals surface area contributed by atoms with Gasteiger partial charge in [0.2, 0.25) is 5.82 Å². The molecule has 128 valence electrons. The zero-order valence-electron chi connectivity index (χ0n) is 13.8. The normalized spacial score (nSPS) is 11.0. The van der Waals surface area contributed by atoms with Crippen molar-refractivity contribution in [3.63, 3.8) is 0 Å². The number of methoxy groups -OCH3 is 1. The highest BCUT2D eigenvalue weighted by Gasteiger charge is 2.10. The van der Waals surface area contributed by atoms with Crippen molar-refractivity contribution in [2.75, 3.05) is 7.11 Å². The fraction of sp³-hybridized carbons (Fsp3) is 0.167. The number of benzene rings is 1. The van der Waals surface area contributed by atoms with Crippen LogP contribution in [0.25, 0.3) is 17.5 Å². The highest BCUT2D eigenvalue weighted by Crippen LogP contribution is 2.19. The van der Waals surface area contributed by atoms with E-state index in [1.165, 1.54) is 12.2 Å². The molecule has 7 nitrogen and oxygen atoms in total. The van der Waals surface area contributed by atoms with Gasteiger partial charge in [-0.1, -0.05) is 5.16 Å². The number of rotatable bonds is 6. The lowest BCUT2D eigenvalue weighted by Crippen LogP contribution is -2.00. The quantitative estimate of drug-likeness (QED) is 0.502. The minimum absolute atomic E-state index is 0.108. The maximum Gasteiger partial charge on any atom is 0.331 e. The summed E-state index contributed by atoms with van der Waals surface area (Å²) < 4.78 is 20.6. The number of hydrogen-bond acceptors (Lipinski definition) is 7. The molecule has 3 rings (SSSR count). The second-order valence-electron chi connectivity index (χ2n) is 5.13. The summed E-state index contributed by atoms with van der Waals surface area (Å²) in [6.07, 6.45) is 2.81. The molecule has 0 aliphatic heterocycles. The van der Waals surface area contributed by atoms with Crippen LogP contribution in [0.4, 0.5) is 0 Å². The Kier molecular flexibility index (Phi) is 4.94. The van der Waals surface area contributed by atoms with Crippen molar-refractivity contribution in [3.05, 3.63) is 59.9 Å². The van der Waals surface area contributed by atoms with Crippen LogP contribution in [0.5, 0.6) is 5.75 Å². The lowest BCUT2D eigenvalue weighted by Gasteiger charge is -1.99. The van der Waals surface area contributed by atoms with E-state index in [4.69, 9.17) is 18.4 Å². The predicted octanol–water partition coefficient (Wildman–Crippen LogP) is 3.40. The van der Waals surface area contributed by atoms with Crippen LogP contribution < -0.4 is 4.74 Å². The average Bonchev–Trinajstić information content (AvgIpc) is 3.27. The van der Waals surface area contributed by atoms with E-state index in [1.54, 1.807) is 25.3 Å². The molecule has 0 radical (unpaired) electrons. The number of nitrogens with zero attached hydrogens (tertiary/aromatic N) is 2. The first-order valence-electron chi connectivity index (χ1n) is 7.52. The standard InChI is InChI=1S/C18H16N2O5/c1-12-3-6-15(24-12)9-10-17(21)23-11-16-19-18(20-25-16)13-4-7-14(22-2)8-5-13/h3-10H,11H2,1-2H3. The summed E-state index contributed by atoms with van der Waals surface area (Å²) in [7, 11) is 1.59. The van der Waals surface area contributed by atoms with Crippen LogP contribution in [-0.2, 0) is 16.1 Å². The SMILES string of the molecule is COc1ccc(-c2noc(COC(=O)C=Cc3ccc(C)o3)n2)cc1. The Morgan fingerprint density at radius 3 is 2.68 bits per heavy atom. The molecule has 0 atom stereocenters. The Morgan fingerprint density at radius 1 is 1.20 bits per heavy atom. The molecular weight excluding hydrogens is 324 g/mol. The van der Waals surface area contributed by atoms with Gasteiger partial charge < -0.3 is 18.4 Å². The molecule has 0 aliphatic rings. The molecule has 0 N–H and O–H groups in total. The fourth-order valence-electron chi connectivity index (χ4n) is 2.04. The lowest BCUT2D eigenvalue weighted by atomic mass is 10.2. The third-order valence-corrected chi connectivity index (χ3v) is 3.30. The minimum atomic E-state index is -0.529. The molecule has 25 heavy (non-hydrogen) atoms. The smallest absolute Gasteiger partial charge is 0.331 e. The van der Waals surface area contributed by atoms with E-state index in [-0.39, 0.29) is 12.5 Å². The largest absolute Gasteiger partial charge is 0.497 e. The molecule has 0 saturated carbocycles. The number of carbonyl (C=O) groups is 1. The van der Waals surface area contributed by atoms with E-state index in [0.717, 1.165) is 17.1 Å². The molecule has 0 bridgehead atoms. The van der Waals surface area contributed by atoms with Gasteiger partial charge in [0, 0.05) is 11.6 Å². The van der Waals surface area contributed by atoms with Crippen molar-refractivity contribution in [2.24, 2.45) is 0 Å². The molecule has 7 heteroatoms. The average molecular weight is 340 g/mol. The van der Waals surface area contributed by atoms with Gasteiger partial charge in [0.05, 0.1) is 7.11 Å². The summed E-state index contributed by atoms with van der Waals surface area (Å²) >= 11 is 0. The van der Waals surface area contributed by atoms with E-state index in [9.17, 15) is 4.79 Å². The van der Waals surface area contributed by atoms with Gasteiger partial charge in [0.25, 0.3) is 5.89 Å². The van der Waals surface area contributed by atoms with Crippen molar-refractivity contribution in [1.82, 2.24) is 10.1 Å². The topological polar surface area (TPSA) is 87.6 Å². The molecule has 3 aromatic rings. The monoisotopic (exact) mass is 340 g/mol. The molecule has 2 heterocycles. The number of ether oxygens (including phenoxy) is 2. The molecule has 0 fully saturated rings. The number of furan rings is 1. The second-order valence-corrected chi connectivity index (χ2v) is 5.13. The van der Waals surface area contributed by atoms with Crippen LogP contribution in [0.3, 0.4) is 0 Å². The first kappa shape index (κ1) is 16.5. The van der Waals surface area contributed by atoms with Crippen molar-refractivity contribution >= 4 is 12.0 Å². The zero-order valence-corrected chi connectivity index (χ0v) is 13.8. The zero-order chi connectivity index (χ0) is 17.6. The summed E-state index contributed by atoms with van der Waals surface area (Å²) in [5.74, 6) is 2.17. The van der Waals surface area contributed by atoms with Crippen LogP contribution in [0.1, 0.15) is 17.4 Å². The highest BCUT2D eigenvalue weighted by molar-refractivity contribution is 5.86. The molecular formula is C18H16N2O5. The Labute approximate surface area is 143 Å². The molecule has 0 spiro atoms. The third kappa shape index (κ3) is 4.35. The van der Waals surface area contributed by atoms with E-state index < -0.39 is 5.97 Å². The van der Waals surface area contributed by atoms with Crippen molar-refractivity contribution in [2.45, 2.75) is 13.5 Å². The molecule has 1 aromatic carbocycles. The Bertz CT molecular complexity index is 877. The Balaban J connectivity index is 1.55. The van der Waals surface area contributed by atoms with Gasteiger partial charge in [0.1, 0.15) is 17.3 Å². The maximum atomic E-state index is 11.7. The highest BCUT2D eigenvalue weighted by atomic mass is 16.6. The van der Waals surface area contributed by atoms with E-state index in [0.29, 0.717) is 11.6 Å². The lowest BCUT2D eigenvalue weighted by molar-refractivity contribution is -0.139. The van der Waals surface area contributed by atoms with Crippen molar-refractivity contribution < 1.29 is 23.2 Å². The van der Waals surface area contributed by atoms with Gasteiger partial charge in [-0.05, 0) is 49.4 Å². The summed E-state index contributed by atoms with van der Waals surface area (Å²) in [5.41, 5.74) is 0.773. The number of carbonyl (C=O) groups excluding carboxylic acids is 1. The van der Waals surface area contributed by atoms with E-state index >= 15 is 0 Å². The van der Waals surface area contributed by atoms with Crippen LogP contribution in [0, 0.1) is 6.92 Å². The van der Waals surface area contributed by atoms with Gasteiger partial charge in [0.15, 0.2) is 6.61 Å². The van der Waals surface area contributed by atoms with Crippen LogP contribution >= 0.6 is 0 Å². The number of aryl methyl sites for hydroxylation is 1. The molecule has 0 amide bonds. The van der Waals surface area contributed by atoms with E-state index in [2.05, 4.69) is 10.1 Å². The number of aromatic nitrogens is 2. The third-order valence-electron chi connectivity index (χ3n) is 3.30. The number of hydrogen-bond donors (Lipinski definition) is 0. The van der Waals surface area contributed by atoms with Crippen LogP contribution in [0.15, 0.2) is 51.4 Å². The summed E-state index contributed by atoms with van der Waals surface area (Å²) in [6, 6.07) is 10.8. The van der Waals surface area contributed by atoms with Gasteiger partial charge in [-0.15, -0.1) is 0 Å². The van der Waals surface area contributed by atoms with Gasteiger partial charge in [-0.25, -0.2) is 4.79 Å². The van der Waals surface area contributed by atoms with Crippen LogP contribution in [0.2, 0.25) is 0 Å². The van der Waals surface area contributed by atoms with Gasteiger partial charge in [-0.3, -0.25) is 0 Å².